The quantitative estimate of drug-likeness (QED) is 0.268. The van der Waals surface area contributed by atoms with Gasteiger partial charge in [-0.15, -0.1) is 0 Å². The number of hydrogen-bond acceptors (Lipinski definition) is 9. The van der Waals surface area contributed by atoms with Crippen LogP contribution in [0.3, 0.4) is 0 Å². The highest BCUT2D eigenvalue weighted by Crippen LogP contribution is 2.30. The minimum absolute atomic E-state index is 0.0434. The van der Waals surface area contributed by atoms with Crippen molar-refractivity contribution in [3.8, 4) is 0 Å². The van der Waals surface area contributed by atoms with Crippen LogP contribution in [0.1, 0.15) is 0 Å². The molecule has 0 aliphatic heterocycles. The maximum atomic E-state index is 11.7. The Kier molecular flexibility index (Phi) is 11.1. The van der Waals surface area contributed by atoms with Crippen molar-refractivity contribution in [1.82, 2.24) is 14.8 Å². The SMILES string of the molecule is O=C(O)CN(CCN(CC(=O)O)C(CSSc1ccccn1)C(=O)O)CC(=O)O. The Morgan fingerprint density at radius 3 is 2.03 bits per heavy atom. The lowest BCUT2D eigenvalue weighted by Crippen LogP contribution is -2.49. The summed E-state index contributed by atoms with van der Waals surface area (Å²) >= 11 is 0. The summed E-state index contributed by atoms with van der Waals surface area (Å²) in [7, 11) is 2.44. The maximum Gasteiger partial charge on any atom is 0.321 e. The molecule has 0 amide bonds. The van der Waals surface area contributed by atoms with E-state index >= 15 is 0 Å². The summed E-state index contributed by atoms with van der Waals surface area (Å²) in [6.45, 7) is -1.95. The zero-order valence-electron chi connectivity index (χ0n) is 15.2. The number of nitrogens with zero attached hydrogens (tertiary/aromatic N) is 3. The smallest absolute Gasteiger partial charge is 0.321 e. The minimum Gasteiger partial charge on any atom is -0.480 e. The van der Waals surface area contributed by atoms with Crippen LogP contribution in [0.15, 0.2) is 29.4 Å². The maximum absolute atomic E-state index is 11.7. The molecule has 0 aliphatic rings. The largest absolute Gasteiger partial charge is 0.480 e. The van der Waals surface area contributed by atoms with Crippen molar-refractivity contribution in [1.29, 1.82) is 0 Å². The fourth-order valence-corrected chi connectivity index (χ4v) is 4.43. The van der Waals surface area contributed by atoms with Gasteiger partial charge in [-0.05, 0) is 22.9 Å². The molecule has 0 saturated carbocycles. The van der Waals surface area contributed by atoms with Crippen LogP contribution >= 0.6 is 21.6 Å². The number of carbonyl (C=O) groups is 4. The molecular formula is C16H21N3O8S2. The van der Waals surface area contributed by atoms with E-state index < -0.39 is 49.6 Å². The molecule has 0 saturated heterocycles. The zero-order valence-corrected chi connectivity index (χ0v) is 16.8. The number of hydrogen-bond donors (Lipinski definition) is 4. The average Bonchev–Trinajstić information content (AvgIpc) is 2.61. The van der Waals surface area contributed by atoms with Gasteiger partial charge in [-0.3, -0.25) is 29.0 Å². The lowest BCUT2D eigenvalue weighted by atomic mass is 10.2. The van der Waals surface area contributed by atoms with E-state index in [1.54, 1.807) is 24.4 Å². The van der Waals surface area contributed by atoms with E-state index in [1.165, 1.54) is 26.5 Å². The number of aromatic nitrogens is 1. The molecule has 0 bridgehead atoms. The van der Waals surface area contributed by atoms with Crippen LogP contribution in [0.25, 0.3) is 0 Å². The zero-order chi connectivity index (χ0) is 21.8. The molecule has 0 aliphatic carbocycles. The third-order valence-electron chi connectivity index (χ3n) is 3.49. The van der Waals surface area contributed by atoms with Crippen LogP contribution < -0.4 is 0 Å². The molecule has 1 aromatic rings. The summed E-state index contributed by atoms with van der Waals surface area (Å²) in [6.07, 6.45) is 1.59. The lowest BCUT2D eigenvalue weighted by molar-refractivity contribution is -0.147. The van der Waals surface area contributed by atoms with Gasteiger partial charge in [0.15, 0.2) is 0 Å². The molecule has 1 heterocycles. The first-order valence-corrected chi connectivity index (χ1v) is 10.6. The Bertz CT molecular complexity index is 691. The van der Waals surface area contributed by atoms with Crippen molar-refractivity contribution in [3.63, 3.8) is 0 Å². The molecule has 0 fully saturated rings. The Morgan fingerprint density at radius 2 is 1.55 bits per heavy atom. The first-order chi connectivity index (χ1) is 13.7. The number of carboxylic acids is 4. The molecule has 29 heavy (non-hydrogen) atoms. The molecule has 1 aromatic heterocycles. The van der Waals surface area contributed by atoms with Gasteiger partial charge in [0, 0.05) is 25.0 Å². The number of carboxylic acid groups (broad SMARTS) is 4. The van der Waals surface area contributed by atoms with Gasteiger partial charge in [-0.2, -0.15) is 0 Å². The summed E-state index contributed by atoms with van der Waals surface area (Å²) in [5.41, 5.74) is 0. The van der Waals surface area contributed by atoms with Crippen molar-refractivity contribution in [2.45, 2.75) is 11.1 Å². The van der Waals surface area contributed by atoms with Gasteiger partial charge in [0.05, 0.1) is 19.6 Å². The molecule has 160 valence electrons. The first kappa shape index (κ1) is 24.7. The van der Waals surface area contributed by atoms with Crippen LogP contribution in [-0.2, 0) is 19.2 Å². The van der Waals surface area contributed by atoms with E-state index in [1.807, 2.05) is 0 Å². The highest BCUT2D eigenvalue weighted by Gasteiger charge is 2.28. The molecule has 4 N–H and O–H groups in total. The van der Waals surface area contributed by atoms with Gasteiger partial charge in [-0.1, -0.05) is 16.9 Å². The minimum atomic E-state index is -1.25. The Hall–Kier alpha value is -2.35. The van der Waals surface area contributed by atoms with Crippen molar-refractivity contribution in [2.24, 2.45) is 0 Å². The monoisotopic (exact) mass is 447 g/mol. The van der Waals surface area contributed by atoms with Gasteiger partial charge in [-0.25, -0.2) is 4.98 Å². The average molecular weight is 447 g/mol. The van der Waals surface area contributed by atoms with E-state index in [0.717, 1.165) is 4.90 Å². The predicted octanol–water partition coefficient (Wildman–Crippen LogP) is 0.133. The van der Waals surface area contributed by atoms with Gasteiger partial charge in [0.25, 0.3) is 0 Å². The number of pyridine rings is 1. The van der Waals surface area contributed by atoms with E-state index in [0.29, 0.717) is 5.03 Å². The first-order valence-electron chi connectivity index (χ1n) is 8.24. The topological polar surface area (TPSA) is 169 Å². The normalized spacial score (nSPS) is 12.1. The predicted molar refractivity (Wildman–Crippen MR) is 105 cm³/mol. The van der Waals surface area contributed by atoms with E-state index in [4.69, 9.17) is 15.3 Å². The highest BCUT2D eigenvalue weighted by molar-refractivity contribution is 8.76. The fourth-order valence-electron chi connectivity index (χ4n) is 2.27. The highest BCUT2D eigenvalue weighted by atomic mass is 33.1. The molecule has 1 rings (SSSR count). The Balaban J connectivity index is 2.78. The third kappa shape index (κ3) is 10.7. The summed E-state index contributed by atoms with van der Waals surface area (Å²) in [5.74, 6) is -4.92. The van der Waals surface area contributed by atoms with Crippen molar-refractivity contribution in [3.05, 3.63) is 24.4 Å². The van der Waals surface area contributed by atoms with Crippen LogP contribution in [0.2, 0.25) is 0 Å². The van der Waals surface area contributed by atoms with Gasteiger partial charge in [0.2, 0.25) is 0 Å². The second kappa shape index (κ2) is 13.0. The molecular weight excluding hydrogens is 426 g/mol. The number of rotatable bonds is 15. The second-order valence-electron chi connectivity index (χ2n) is 5.75. The summed E-state index contributed by atoms with van der Waals surface area (Å²) in [5, 5.41) is 37.1. The molecule has 0 spiro atoms. The fraction of sp³-hybridized carbons (Fsp3) is 0.438. The molecule has 0 aromatic carbocycles. The van der Waals surface area contributed by atoms with E-state index in [2.05, 4.69) is 4.98 Å². The van der Waals surface area contributed by atoms with E-state index in [-0.39, 0.29) is 18.8 Å². The number of aliphatic carboxylic acids is 4. The second-order valence-corrected chi connectivity index (χ2v) is 8.11. The molecule has 11 nitrogen and oxygen atoms in total. The van der Waals surface area contributed by atoms with E-state index in [9.17, 15) is 24.3 Å². The third-order valence-corrected chi connectivity index (χ3v) is 5.75. The van der Waals surface area contributed by atoms with Crippen LogP contribution in [0, 0.1) is 0 Å². The standard InChI is InChI=1S/C16H21N3O8S2/c20-13(21)7-18(8-14(22)23)5-6-19(9-15(24)25)11(16(26)27)10-28-29-12-3-1-2-4-17-12/h1-4,11H,5-10H2,(H,20,21)(H,22,23)(H,24,25)(H,26,27). The Labute approximate surface area is 174 Å². The molecule has 1 unspecified atom stereocenters. The van der Waals surface area contributed by atoms with Crippen LogP contribution in [0.5, 0.6) is 0 Å². The summed E-state index contributed by atoms with van der Waals surface area (Å²) in [4.78, 5) is 51.0. The van der Waals surface area contributed by atoms with Gasteiger partial charge in [0.1, 0.15) is 11.1 Å². The van der Waals surface area contributed by atoms with Crippen LogP contribution in [-0.4, -0.2) is 104 Å². The van der Waals surface area contributed by atoms with Crippen molar-refractivity contribution < 1.29 is 39.6 Å². The summed E-state index contributed by atoms with van der Waals surface area (Å²) in [6, 6.07) is 4.10. The molecule has 0 radical (unpaired) electrons. The van der Waals surface area contributed by atoms with Gasteiger partial charge < -0.3 is 20.4 Å². The van der Waals surface area contributed by atoms with Crippen LogP contribution in [0.4, 0.5) is 0 Å². The lowest BCUT2D eigenvalue weighted by Gasteiger charge is -2.29. The Morgan fingerprint density at radius 1 is 0.931 bits per heavy atom. The molecule has 1 atom stereocenters. The van der Waals surface area contributed by atoms with Gasteiger partial charge >= 0.3 is 23.9 Å². The van der Waals surface area contributed by atoms with Crippen molar-refractivity contribution in [2.75, 3.05) is 38.5 Å². The summed E-state index contributed by atoms with van der Waals surface area (Å²) < 4.78 is 0. The van der Waals surface area contributed by atoms with Crippen molar-refractivity contribution >= 4 is 45.5 Å². The molecule has 13 heteroatoms.